The predicted molar refractivity (Wildman–Crippen MR) is 117 cm³/mol. The maximum atomic E-state index is 5.62. The molecule has 0 fully saturated rings. The summed E-state index contributed by atoms with van der Waals surface area (Å²) in [6.07, 6.45) is 1.75. The van der Waals surface area contributed by atoms with Gasteiger partial charge in [0.15, 0.2) is 0 Å². The van der Waals surface area contributed by atoms with Crippen molar-refractivity contribution in [3.05, 3.63) is 106 Å². The Hall–Kier alpha value is -3.30. The van der Waals surface area contributed by atoms with Gasteiger partial charge in [-0.05, 0) is 85.6 Å². The fraction of sp³-hybridized carbons (Fsp3) is 0.154. The number of benzene rings is 3. The fourth-order valence-electron chi connectivity index (χ4n) is 2.87. The van der Waals surface area contributed by atoms with Crippen LogP contribution < -0.4 is 11.5 Å². The Balaban J connectivity index is 1.70. The van der Waals surface area contributed by atoms with Gasteiger partial charge in [-0.25, -0.2) is 0 Å². The van der Waals surface area contributed by atoms with E-state index in [-0.39, 0.29) is 0 Å². The number of hydrogen-bond acceptors (Lipinski definition) is 2. The molecule has 138 valence electrons. The van der Waals surface area contributed by atoms with Crippen molar-refractivity contribution in [1.82, 2.24) is 0 Å². The molecule has 0 saturated heterocycles. The third-order valence-corrected chi connectivity index (χ3v) is 4.31. The van der Waals surface area contributed by atoms with Crippen LogP contribution in [0.1, 0.15) is 33.4 Å². The second kappa shape index (κ2) is 10.1. The van der Waals surface area contributed by atoms with Gasteiger partial charge in [0.2, 0.25) is 0 Å². The highest BCUT2D eigenvalue weighted by Crippen LogP contribution is 2.07. The molecule has 0 aromatic heterocycles. The number of rotatable bonds is 4. The topological polar surface area (TPSA) is 52.0 Å². The van der Waals surface area contributed by atoms with Crippen LogP contribution in [0.4, 0.5) is 0 Å². The van der Waals surface area contributed by atoms with Crippen LogP contribution in [0.3, 0.4) is 0 Å². The summed E-state index contributed by atoms with van der Waals surface area (Å²) < 4.78 is 0. The Morgan fingerprint density at radius 1 is 0.500 bits per heavy atom. The maximum Gasteiger partial charge on any atom is 0.0251 e. The average molecular weight is 364 g/mol. The molecule has 0 heterocycles. The van der Waals surface area contributed by atoms with Crippen molar-refractivity contribution in [1.29, 1.82) is 0 Å². The van der Waals surface area contributed by atoms with Gasteiger partial charge in [-0.1, -0.05) is 47.9 Å². The van der Waals surface area contributed by atoms with Crippen molar-refractivity contribution in [2.75, 3.05) is 13.1 Å². The monoisotopic (exact) mass is 364 g/mol. The molecular weight excluding hydrogens is 340 g/mol. The van der Waals surface area contributed by atoms with E-state index in [0.29, 0.717) is 13.1 Å². The highest BCUT2D eigenvalue weighted by molar-refractivity contribution is 5.48. The van der Waals surface area contributed by atoms with Gasteiger partial charge in [0.1, 0.15) is 0 Å². The molecule has 0 aliphatic rings. The average Bonchev–Trinajstić information content (AvgIpc) is 2.73. The van der Waals surface area contributed by atoms with Gasteiger partial charge < -0.3 is 11.5 Å². The standard InChI is InChI=1S/C26H24N2/c27-17-15-25-5-1-3-23(19-25)13-11-21-7-9-22(10-8-21)12-14-24-4-2-6-26(20-24)16-18-28/h1-10,19-20H,15-18,27-28H2. The largest absolute Gasteiger partial charge is 0.330 e. The molecule has 4 N–H and O–H groups in total. The Kier molecular flexibility index (Phi) is 7.05. The van der Waals surface area contributed by atoms with Crippen LogP contribution in [0, 0.1) is 23.7 Å². The van der Waals surface area contributed by atoms with E-state index in [9.17, 15) is 0 Å². The van der Waals surface area contributed by atoms with Crippen LogP contribution in [0.2, 0.25) is 0 Å². The van der Waals surface area contributed by atoms with E-state index in [1.807, 2.05) is 48.5 Å². The summed E-state index contributed by atoms with van der Waals surface area (Å²) in [5, 5.41) is 0. The van der Waals surface area contributed by atoms with Gasteiger partial charge in [-0.15, -0.1) is 0 Å². The summed E-state index contributed by atoms with van der Waals surface area (Å²) in [6, 6.07) is 24.5. The van der Waals surface area contributed by atoms with E-state index in [1.54, 1.807) is 0 Å². The smallest absolute Gasteiger partial charge is 0.0251 e. The molecule has 0 saturated carbocycles. The Labute approximate surface area is 167 Å². The zero-order valence-electron chi connectivity index (χ0n) is 15.9. The van der Waals surface area contributed by atoms with E-state index in [0.717, 1.165) is 35.1 Å². The number of nitrogens with two attached hydrogens (primary N) is 2. The summed E-state index contributed by atoms with van der Waals surface area (Å²) in [5.74, 6) is 12.9. The molecule has 0 atom stereocenters. The first-order valence-electron chi connectivity index (χ1n) is 9.49. The minimum atomic E-state index is 0.649. The predicted octanol–water partition coefficient (Wildman–Crippen LogP) is 3.49. The third kappa shape index (κ3) is 5.86. The van der Waals surface area contributed by atoms with Crippen molar-refractivity contribution >= 4 is 0 Å². The summed E-state index contributed by atoms with van der Waals surface area (Å²) in [6.45, 7) is 1.30. The second-order valence-electron chi connectivity index (χ2n) is 6.56. The zero-order valence-corrected chi connectivity index (χ0v) is 15.9. The lowest BCUT2D eigenvalue weighted by Gasteiger charge is -1.99. The molecule has 0 spiro atoms. The zero-order chi connectivity index (χ0) is 19.6. The van der Waals surface area contributed by atoms with Gasteiger partial charge >= 0.3 is 0 Å². The van der Waals surface area contributed by atoms with E-state index in [4.69, 9.17) is 11.5 Å². The lowest BCUT2D eigenvalue weighted by molar-refractivity contribution is 0.968. The molecule has 28 heavy (non-hydrogen) atoms. The molecule has 0 amide bonds. The lowest BCUT2D eigenvalue weighted by atomic mass is 10.1. The van der Waals surface area contributed by atoms with Crippen molar-refractivity contribution in [3.8, 4) is 23.7 Å². The van der Waals surface area contributed by atoms with E-state index < -0.39 is 0 Å². The van der Waals surface area contributed by atoms with Gasteiger partial charge in [-0.2, -0.15) is 0 Å². The summed E-state index contributed by atoms with van der Waals surface area (Å²) in [5.41, 5.74) is 17.6. The van der Waals surface area contributed by atoms with Crippen LogP contribution in [0.15, 0.2) is 72.8 Å². The first-order valence-corrected chi connectivity index (χ1v) is 9.49. The SMILES string of the molecule is NCCc1cccc(C#Cc2ccc(C#Cc3cccc(CCN)c3)cc2)c1. The highest BCUT2D eigenvalue weighted by atomic mass is 14.5. The molecule has 0 bridgehead atoms. The summed E-state index contributed by atoms with van der Waals surface area (Å²) >= 11 is 0. The van der Waals surface area contributed by atoms with Crippen LogP contribution in [-0.4, -0.2) is 13.1 Å². The van der Waals surface area contributed by atoms with Crippen molar-refractivity contribution in [3.63, 3.8) is 0 Å². The van der Waals surface area contributed by atoms with Crippen LogP contribution in [0.5, 0.6) is 0 Å². The van der Waals surface area contributed by atoms with Gasteiger partial charge in [0.25, 0.3) is 0 Å². The highest BCUT2D eigenvalue weighted by Gasteiger charge is 1.94. The Morgan fingerprint density at radius 3 is 1.29 bits per heavy atom. The van der Waals surface area contributed by atoms with Crippen molar-refractivity contribution < 1.29 is 0 Å². The maximum absolute atomic E-state index is 5.62. The molecule has 3 aromatic carbocycles. The Bertz CT molecular complexity index is 955. The molecule has 0 aliphatic heterocycles. The molecule has 0 radical (unpaired) electrons. The molecular formula is C26H24N2. The Morgan fingerprint density at radius 2 is 0.893 bits per heavy atom. The first-order chi connectivity index (χ1) is 13.8. The van der Waals surface area contributed by atoms with E-state index in [1.165, 1.54) is 11.1 Å². The minimum Gasteiger partial charge on any atom is -0.330 e. The summed E-state index contributed by atoms with van der Waals surface area (Å²) in [7, 11) is 0. The number of hydrogen-bond donors (Lipinski definition) is 2. The molecule has 3 aromatic rings. The fourth-order valence-corrected chi connectivity index (χ4v) is 2.87. The molecule has 0 unspecified atom stereocenters. The second-order valence-corrected chi connectivity index (χ2v) is 6.56. The first kappa shape index (κ1) is 19.5. The van der Waals surface area contributed by atoms with Crippen LogP contribution >= 0.6 is 0 Å². The third-order valence-electron chi connectivity index (χ3n) is 4.31. The summed E-state index contributed by atoms with van der Waals surface area (Å²) in [4.78, 5) is 0. The lowest BCUT2D eigenvalue weighted by Crippen LogP contribution is -2.02. The molecule has 0 aliphatic carbocycles. The normalized spacial score (nSPS) is 9.79. The van der Waals surface area contributed by atoms with Gasteiger partial charge in [0, 0.05) is 22.3 Å². The van der Waals surface area contributed by atoms with Gasteiger partial charge in [0.05, 0.1) is 0 Å². The molecule has 3 rings (SSSR count). The van der Waals surface area contributed by atoms with Gasteiger partial charge in [-0.3, -0.25) is 0 Å². The molecule has 2 heteroatoms. The quantitative estimate of drug-likeness (QED) is 0.696. The van der Waals surface area contributed by atoms with Crippen LogP contribution in [0.25, 0.3) is 0 Å². The van der Waals surface area contributed by atoms with Crippen molar-refractivity contribution in [2.24, 2.45) is 11.5 Å². The van der Waals surface area contributed by atoms with E-state index >= 15 is 0 Å². The molecule has 2 nitrogen and oxygen atoms in total. The van der Waals surface area contributed by atoms with E-state index in [2.05, 4.69) is 47.9 Å². The minimum absolute atomic E-state index is 0.649. The van der Waals surface area contributed by atoms with Crippen molar-refractivity contribution in [2.45, 2.75) is 12.8 Å². The van der Waals surface area contributed by atoms with Crippen LogP contribution in [-0.2, 0) is 12.8 Å².